The van der Waals surface area contributed by atoms with Crippen LogP contribution in [0, 0.1) is 0 Å². The molecule has 2 unspecified atom stereocenters. The van der Waals surface area contributed by atoms with Crippen LogP contribution in [-0.2, 0) is 14.2 Å². The Bertz CT molecular complexity index is 139. The van der Waals surface area contributed by atoms with E-state index in [0.717, 1.165) is 0 Å². The van der Waals surface area contributed by atoms with Crippen molar-refractivity contribution >= 4 is 0 Å². The Labute approximate surface area is 72.4 Å². The summed E-state index contributed by atoms with van der Waals surface area (Å²) in [6.07, 6.45) is 0.190. The Kier molecular flexibility index (Phi) is 3.46. The Hall–Kier alpha value is -0.160. The average molecular weight is 176 g/mol. The summed E-state index contributed by atoms with van der Waals surface area (Å²) in [5.74, 6) is -0.386. The van der Waals surface area contributed by atoms with E-state index in [2.05, 4.69) is 0 Å². The molecule has 1 aliphatic rings. The van der Waals surface area contributed by atoms with Crippen molar-refractivity contribution in [2.75, 3.05) is 26.4 Å². The van der Waals surface area contributed by atoms with Gasteiger partial charge in [-0.25, -0.2) is 0 Å². The van der Waals surface area contributed by atoms with Crippen molar-refractivity contribution in [2.24, 2.45) is 0 Å². The van der Waals surface area contributed by atoms with Gasteiger partial charge < -0.3 is 19.3 Å². The van der Waals surface area contributed by atoms with Crippen molar-refractivity contribution in [1.29, 1.82) is 0 Å². The molecule has 12 heavy (non-hydrogen) atoms. The molecule has 0 bridgehead atoms. The molecule has 4 nitrogen and oxygen atoms in total. The van der Waals surface area contributed by atoms with Crippen LogP contribution in [0.1, 0.15) is 13.8 Å². The fraction of sp³-hybridized carbons (Fsp3) is 1.00. The highest BCUT2D eigenvalue weighted by molar-refractivity contribution is 4.86. The third-order valence-corrected chi connectivity index (χ3v) is 1.94. The van der Waals surface area contributed by atoms with E-state index in [1.54, 1.807) is 0 Å². The topological polar surface area (TPSA) is 51.2 Å². The maximum atomic E-state index is 8.39. The second-order valence-electron chi connectivity index (χ2n) is 2.96. The third-order valence-electron chi connectivity index (χ3n) is 1.94. The lowest BCUT2D eigenvalue weighted by atomic mass is 10.3. The van der Waals surface area contributed by atoms with Crippen LogP contribution in [0.15, 0.2) is 0 Å². The molecule has 0 amide bonds. The summed E-state index contributed by atoms with van der Waals surface area (Å²) < 4.78 is 15.6. The van der Waals surface area contributed by atoms with Gasteiger partial charge in [0.15, 0.2) is 5.79 Å². The third kappa shape index (κ3) is 2.71. The van der Waals surface area contributed by atoms with Gasteiger partial charge in [0, 0.05) is 0 Å². The minimum Gasteiger partial charge on any atom is -0.394 e. The van der Waals surface area contributed by atoms with Crippen LogP contribution >= 0.6 is 0 Å². The molecule has 0 aromatic heterocycles. The van der Waals surface area contributed by atoms with E-state index >= 15 is 0 Å². The van der Waals surface area contributed by atoms with Crippen molar-refractivity contribution in [3.05, 3.63) is 0 Å². The second kappa shape index (κ2) is 4.18. The van der Waals surface area contributed by atoms with E-state index in [1.807, 2.05) is 13.8 Å². The predicted molar refractivity (Wildman–Crippen MR) is 42.8 cm³/mol. The molecule has 1 fully saturated rings. The van der Waals surface area contributed by atoms with Crippen molar-refractivity contribution in [2.45, 2.75) is 25.7 Å². The number of aliphatic hydroxyl groups is 1. The van der Waals surface area contributed by atoms with Gasteiger partial charge in [-0.1, -0.05) is 0 Å². The van der Waals surface area contributed by atoms with Crippen LogP contribution in [0.4, 0.5) is 0 Å². The molecule has 0 radical (unpaired) electrons. The van der Waals surface area contributed by atoms with Gasteiger partial charge in [-0.2, -0.15) is 0 Å². The van der Waals surface area contributed by atoms with Gasteiger partial charge in [0.2, 0.25) is 0 Å². The van der Waals surface area contributed by atoms with Gasteiger partial charge in [-0.05, 0) is 13.8 Å². The lowest BCUT2D eigenvalue weighted by Crippen LogP contribution is -2.18. The lowest BCUT2D eigenvalue weighted by Gasteiger charge is -2.07. The number of hydrogen-bond donors (Lipinski definition) is 1. The first-order valence-electron chi connectivity index (χ1n) is 4.19. The molecule has 1 heterocycles. The zero-order valence-electron chi connectivity index (χ0n) is 7.58. The van der Waals surface area contributed by atoms with Gasteiger partial charge in [0.25, 0.3) is 0 Å². The minimum absolute atomic E-state index is 0.0597. The zero-order chi connectivity index (χ0) is 9.03. The zero-order valence-corrected chi connectivity index (χ0v) is 7.58. The predicted octanol–water partition coefficient (Wildman–Crippen LogP) is 0.147. The van der Waals surface area contributed by atoms with Crippen LogP contribution in [0.25, 0.3) is 0 Å². The Morgan fingerprint density at radius 3 is 2.58 bits per heavy atom. The van der Waals surface area contributed by atoms with Crippen LogP contribution in [0.2, 0.25) is 0 Å². The molecule has 0 aromatic carbocycles. The largest absolute Gasteiger partial charge is 0.394 e. The average Bonchev–Trinajstić information content (AvgIpc) is 2.60. The highest BCUT2D eigenvalue weighted by Crippen LogP contribution is 2.36. The van der Waals surface area contributed by atoms with Gasteiger partial charge in [-0.3, -0.25) is 0 Å². The first kappa shape index (κ1) is 9.92. The summed E-state index contributed by atoms with van der Waals surface area (Å²) in [7, 11) is 0. The summed E-state index contributed by atoms with van der Waals surface area (Å²) in [5, 5.41) is 8.39. The van der Waals surface area contributed by atoms with E-state index < -0.39 is 0 Å². The molecule has 0 spiro atoms. The van der Waals surface area contributed by atoms with E-state index in [0.29, 0.717) is 19.8 Å². The Morgan fingerprint density at radius 2 is 2.08 bits per heavy atom. The summed E-state index contributed by atoms with van der Waals surface area (Å²) in [6.45, 7) is 5.33. The van der Waals surface area contributed by atoms with E-state index in [-0.39, 0.29) is 18.5 Å². The molecule has 0 aromatic rings. The summed E-state index contributed by atoms with van der Waals surface area (Å²) in [6, 6.07) is 0. The van der Waals surface area contributed by atoms with Gasteiger partial charge in [0.1, 0.15) is 6.10 Å². The molecule has 4 heteroatoms. The number of hydrogen-bond acceptors (Lipinski definition) is 4. The second-order valence-corrected chi connectivity index (χ2v) is 2.96. The Balaban J connectivity index is 1.90. The monoisotopic (exact) mass is 176 g/mol. The fourth-order valence-corrected chi connectivity index (χ4v) is 0.938. The molecular weight excluding hydrogens is 160 g/mol. The molecule has 1 rings (SSSR count). The molecule has 1 aliphatic heterocycles. The first-order chi connectivity index (χ1) is 5.69. The van der Waals surface area contributed by atoms with E-state index in [4.69, 9.17) is 19.3 Å². The number of rotatable bonds is 6. The summed E-state index contributed by atoms with van der Waals surface area (Å²) in [5.41, 5.74) is 0. The highest BCUT2D eigenvalue weighted by atomic mass is 16.8. The molecule has 0 saturated carbocycles. The molecule has 1 N–H and O–H groups in total. The van der Waals surface area contributed by atoms with Crippen LogP contribution < -0.4 is 0 Å². The van der Waals surface area contributed by atoms with Crippen molar-refractivity contribution < 1.29 is 19.3 Å². The highest BCUT2D eigenvalue weighted by Gasteiger charge is 2.50. The molecule has 2 atom stereocenters. The van der Waals surface area contributed by atoms with E-state index in [1.165, 1.54) is 0 Å². The van der Waals surface area contributed by atoms with Crippen molar-refractivity contribution in [1.82, 2.24) is 0 Å². The number of ether oxygens (including phenoxy) is 3. The molecule has 1 saturated heterocycles. The van der Waals surface area contributed by atoms with Gasteiger partial charge in [0.05, 0.1) is 26.4 Å². The van der Waals surface area contributed by atoms with Crippen LogP contribution in [0.3, 0.4) is 0 Å². The normalized spacial score (nSPS) is 33.8. The fourth-order valence-electron chi connectivity index (χ4n) is 0.938. The van der Waals surface area contributed by atoms with Gasteiger partial charge in [-0.15, -0.1) is 0 Å². The SMILES string of the molecule is CC1OC1(C)OCCOCCO. The Morgan fingerprint density at radius 1 is 1.42 bits per heavy atom. The van der Waals surface area contributed by atoms with E-state index in [9.17, 15) is 0 Å². The van der Waals surface area contributed by atoms with Gasteiger partial charge >= 0.3 is 0 Å². The summed E-state index contributed by atoms with van der Waals surface area (Å²) >= 11 is 0. The molecule has 0 aliphatic carbocycles. The van der Waals surface area contributed by atoms with Crippen molar-refractivity contribution in [3.8, 4) is 0 Å². The molecular formula is C8H16O4. The minimum atomic E-state index is -0.386. The lowest BCUT2D eigenvalue weighted by molar-refractivity contribution is -0.0566. The smallest absolute Gasteiger partial charge is 0.192 e. The number of epoxide rings is 1. The standard InChI is InChI=1S/C8H16O4/c1-7-8(2,12-7)11-6-5-10-4-3-9/h7,9H,3-6H2,1-2H3. The quantitative estimate of drug-likeness (QED) is 0.462. The number of aliphatic hydroxyl groups excluding tert-OH is 1. The first-order valence-corrected chi connectivity index (χ1v) is 4.19. The van der Waals surface area contributed by atoms with Crippen LogP contribution in [0.5, 0.6) is 0 Å². The maximum Gasteiger partial charge on any atom is 0.192 e. The maximum absolute atomic E-state index is 8.39. The molecule has 72 valence electrons. The van der Waals surface area contributed by atoms with Crippen LogP contribution in [-0.4, -0.2) is 43.4 Å². The summed E-state index contributed by atoms with van der Waals surface area (Å²) in [4.78, 5) is 0. The van der Waals surface area contributed by atoms with Crippen molar-refractivity contribution in [3.63, 3.8) is 0 Å².